The van der Waals surface area contributed by atoms with Crippen molar-refractivity contribution in [3.05, 3.63) is 100 Å². The summed E-state index contributed by atoms with van der Waals surface area (Å²) in [5.74, 6) is -3.45. The van der Waals surface area contributed by atoms with Crippen LogP contribution < -0.4 is 10.6 Å². The molecule has 1 atom stereocenters. The number of carboxylic acids is 1. The molecule has 0 bridgehead atoms. The van der Waals surface area contributed by atoms with Crippen LogP contribution in [0, 0.1) is 13.8 Å². The van der Waals surface area contributed by atoms with Gasteiger partial charge in [0.2, 0.25) is 0 Å². The topological polar surface area (TPSA) is 127 Å². The number of carbonyl (C=O) groups is 4. The number of carbonyl (C=O) groups excluding carboxylic acids is 3. The van der Waals surface area contributed by atoms with Gasteiger partial charge in [0.25, 0.3) is 5.91 Å². The standard InChI is InChI=1S/C32H29F7N2O6/c1-18-13-22(30(33,31(34,35)36)32(37,38)39)14-19(2)24(18)16-26(42)21-9-6-10-23(15-21)41(28(44)20-7-4-3-5-8-20)12-11-27(43)47-17-25(40)29(45)46/h3-10,13-15,25H,11-12,16-17,40H2,1-2H3,(H,45,46). The normalized spacial score (nSPS) is 12.7. The van der Waals surface area contributed by atoms with Gasteiger partial charge in [-0.15, -0.1) is 0 Å². The Balaban J connectivity index is 1.91. The first-order valence-corrected chi connectivity index (χ1v) is 13.8. The molecule has 3 rings (SSSR count). The van der Waals surface area contributed by atoms with Crippen molar-refractivity contribution in [2.24, 2.45) is 5.73 Å². The number of aryl methyl sites for hydroxylation is 2. The minimum absolute atomic E-state index is 0.0108. The number of rotatable bonds is 12. The lowest BCUT2D eigenvalue weighted by molar-refractivity contribution is -0.348. The van der Waals surface area contributed by atoms with E-state index >= 15 is 0 Å². The first-order chi connectivity index (χ1) is 21.8. The number of halogens is 7. The number of carboxylic acid groups (broad SMARTS) is 1. The maximum atomic E-state index is 14.7. The highest BCUT2D eigenvalue weighted by molar-refractivity contribution is 6.07. The summed E-state index contributed by atoms with van der Waals surface area (Å²) in [5.41, 5.74) is -1.85. The highest BCUT2D eigenvalue weighted by Crippen LogP contribution is 2.53. The fourth-order valence-electron chi connectivity index (χ4n) is 4.68. The summed E-state index contributed by atoms with van der Waals surface area (Å²) < 4.78 is 99.5. The van der Waals surface area contributed by atoms with Crippen LogP contribution in [0.4, 0.5) is 36.4 Å². The van der Waals surface area contributed by atoms with Crippen molar-refractivity contribution in [3.63, 3.8) is 0 Å². The van der Waals surface area contributed by atoms with Crippen molar-refractivity contribution < 1.29 is 59.8 Å². The molecule has 0 saturated heterocycles. The zero-order valence-corrected chi connectivity index (χ0v) is 24.9. The Morgan fingerprint density at radius 1 is 0.830 bits per heavy atom. The van der Waals surface area contributed by atoms with E-state index in [9.17, 15) is 49.9 Å². The van der Waals surface area contributed by atoms with Gasteiger partial charge in [0.1, 0.15) is 12.6 Å². The molecule has 0 fully saturated rings. The molecule has 3 aromatic carbocycles. The molecule has 0 aliphatic carbocycles. The Morgan fingerprint density at radius 2 is 1.38 bits per heavy atom. The Labute approximate surface area is 263 Å². The van der Waals surface area contributed by atoms with Gasteiger partial charge in [-0.3, -0.25) is 19.2 Å². The van der Waals surface area contributed by atoms with E-state index < -0.39 is 66.3 Å². The van der Waals surface area contributed by atoms with Crippen LogP contribution in [0.15, 0.2) is 66.7 Å². The number of anilines is 1. The first kappa shape index (κ1) is 36.7. The summed E-state index contributed by atoms with van der Waals surface area (Å²) in [6.07, 6.45) is -13.5. The molecule has 3 aromatic rings. The number of alkyl halides is 7. The van der Waals surface area contributed by atoms with Gasteiger partial charge in [0.05, 0.1) is 6.42 Å². The molecule has 8 nitrogen and oxygen atoms in total. The van der Waals surface area contributed by atoms with Crippen molar-refractivity contribution in [2.75, 3.05) is 18.1 Å². The van der Waals surface area contributed by atoms with E-state index in [1.54, 1.807) is 18.2 Å². The first-order valence-electron chi connectivity index (χ1n) is 13.8. The second-order valence-corrected chi connectivity index (χ2v) is 10.6. The lowest BCUT2D eigenvalue weighted by Crippen LogP contribution is -2.50. The fourth-order valence-corrected chi connectivity index (χ4v) is 4.68. The molecule has 47 heavy (non-hydrogen) atoms. The van der Waals surface area contributed by atoms with Gasteiger partial charge in [-0.05, 0) is 54.8 Å². The summed E-state index contributed by atoms with van der Waals surface area (Å²) >= 11 is 0. The van der Waals surface area contributed by atoms with Gasteiger partial charge in [-0.25, -0.2) is 4.39 Å². The van der Waals surface area contributed by atoms with Crippen LogP contribution in [-0.2, 0) is 26.4 Å². The minimum Gasteiger partial charge on any atom is -0.480 e. The Bertz CT molecular complexity index is 1600. The average Bonchev–Trinajstić information content (AvgIpc) is 3.00. The summed E-state index contributed by atoms with van der Waals surface area (Å²) in [6, 6.07) is 12.8. The number of benzene rings is 3. The van der Waals surface area contributed by atoms with Gasteiger partial charge in [-0.1, -0.05) is 42.5 Å². The second-order valence-electron chi connectivity index (χ2n) is 10.6. The van der Waals surface area contributed by atoms with Gasteiger partial charge >= 0.3 is 30.0 Å². The molecule has 252 valence electrons. The molecule has 0 spiro atoms. The van der Waals surface area contributed by atoms with Crippen molar-refractivity contribution in [2.45, 2.75) is 50.8 Å². The summed E-state index contributed by atoms with van der Waals surface area (Å²) in [7, 11) is 0. The fraction of sp³-hybridized carbons (Fsp3) is 0.312. The number of Topliss-reactive ketones (excluding diaryl/α,β-unsaturated/α-hetero) is 1. The number of hydrogen-bond acceptors (Lipinski definition) is 6. The molecule has 15 heteroatoms. The molecule has 0 heterocycles. The van der Waals surface area contributed by atoms with Gasteiger partial charge in [0.15, 0.2) is 5.78 Å². The van der Waals surface area contributed by atoms with Crippen LogP contribution >= 0.6 is 0 Å². The Hall–Kier alpha value is -4.79. The monoisotopic (exact) mass is 670 g/mol. The van der Waals surface area contributed by atoms with Gasteiger partial charge in [0, 0.05) is 35.3 Å². The highest BCUT2D eigenvalue weighted by atomic mass is 19.4. The summed E-state index contributed by atoms with van der Waals surface area (Å²) in [6.45, 7) is 1.44. The van der Waals surface area contributed by atoms with Gasteiger partial charge < -0.3 is 20.5 Å². The van der Waals surface area contributed by atoms with E-state index in [2.05, 4.69) is 0 Å². The molecule has 0 aromatic heterocycles. The minimum atomic E-state index is -6.30. The van der Waals surface area contributed by atoms with Gasteiger partial charge in [-0.2, -0.15) is 26.3 Å². The highest BCUT2D eigenvalue weighted by Gasteiger charge is 2.73. The maximum absolute atomic E-state index is 14.7. The van der Waals surface area contributed by atoms with E-state index in [-0.39, 0.29) is 46.5 Å². The van der Waals surface area contributed by atoms with E-state index in [0.29, 0.717) is 12.1 Å². The van der Waals surface area contributed by atoms with Crippen molar-refractivity contribution in [1.82, 2.24) is 0 Å². The van der Waals surface area contributed by atoms with Crippen LogP contribution in [0.2, 0.25) is 0 Å². The predicted molar refractivity (Wildman–Crippen MR) is 155 cm³/mol. The number of esters is 1. The number of ketones is 1. The van der Waals surface area contributed by atoms with Crippen molar-refractivity contribution in [3.8, 4) is 0 Å². The van der Waals surface area contributed by atoms with Crippen LogP contribution in [0.1, 0.15) is 49.4 Å². The lowest BCUT2D eigenvalue weighted by Gasteiger charge is -2.31. The molecule has 0 saturated carbocycles. The molecule has 3 N–H and O–H groups in total. The molecular weight excluding hydrogens is 641 g/mol. The van der Waals surface area contributed by atoms with Crippen LogP contribution in [-0.4, -0.2) is 60.3 Å². The third-order valence-corrected chi connectivity index (χ3v) is 7.24. The lowest BCUT2D eigenvalue weighted by atomic mass is 9.87. The quantitative estimate of drug-likeness (QED) is 0.137. The van der Waals surface area contributed by atoms with Crippen LogP contribution in [0.5, 0.6) is 0 Å². The average molecular weight is 671 g/mol. The van der Waals surface area contributed by atoms with E-state index in [4.69, 9.17) is 15.6 Å². The van der Waals surface area contributed by atoms with Crippen molar-refractivity contribution in [1.29, 1.82) is 0 Å². The SMILES string of the molecule is Cc1cc(C(F)(C(F)(F)F)C(F)(F)F)cc(C)c1CC(=O)c1cccc(N(CCC(=O)OCC(N)C(=O)O)C(=O)c2ccccc2)c1. The third kappa shape index (κ3) is 8.33. The molecule has 1 unspecified atom stereocenters. The second kappa shape index (κ2) is 14.3. The molecule has 0 aliphatic heterocycles. The third-order valence-electron chi connectivity index (χ3n) is 7.24. The molecule has 0 aliphatic rings. The maximum Gasteiger partial charge on any atom is 0.435 e. The Kier molecular flexibility index (Phi) is 11.2. The summed E-state index contributed by atoms with van der Waals surface area (Å²) in [5, 5.41) is 8.86. The summed E-state index contributed by atoms with van der Waals surface area (Å²) in [4.78, 5) is 51.1. The van der Waals surface area contributed by atoms with Crippen molar-refractivity contribution >= 4 is 29.3 Å². The number of amides is 1. The number of hydrogen-bond donors (Lipinski definition) is 2. The smallest absolute Gasteiger partial charge is 0.435 e. The Morgan fingerprint density at radius 3 is 1.91 bits per heavy atom. The molecular formula is C32H29F7N2O6. The zero-order valence-electron chi connectivity index (χ0n) is 24.9. The number of nitrogens with two attached hydrogens (primary N) is 1. The van der Waals surface area contributed by atoms with Crippen LogP contribution in [0.25, 0.3) is 0 Å². The largest absolute Gasteiger partial charge is 0.480 e. The molecule has 1 amide bonds. The van der Waals surface area contributed by atoms with E-state index in [1.807, 2.05) is 0 Å². The predicted octanol–water partition coefficient (Wildman–Crippen LogP) is 6.01. The zero-order chi connectivity index (χ0) is 35.3. The van der Waals surface area contributed by atoms with Crippen LogP contribution in [0.3, 0.4) is 0 Å². The number of aliphatic carboxylic acids is 1. The number of nitrogens with zero attached hydrogens (tertiary/aromatic N) is 1. The molecule has 0 radical (unpaired) electrons. The number of ether oxygens (including phenoxy) is 1. The van der Waals surface area contributed by atoms with E-state index in [1.165, 1.54) is 41.3 Å². The van der Waals surface area contributed by atoms with E-state index in [0.717, 1.165) is 13.8 Å².